The van der Waals surface area contributed by atoms with Crippen LogP contribution in [0.3, 0.4) is 0 Å². The van der Waals surface area contributed by atoms with Gasteiger partial charge in [-0.15, -0.1) is 5.10 Å². The van der Waals surface area contributed by atoms with Gasteiger partial charge >= 0.3 is 5.69 Å². The predicted molar refractivity (Wildman–Crippen MR) is 72.9 cm³/mol. The van der Waals surface area contributed by atoms with Crippen LogP contribution in [0, 0.1) is 0 Å². The van der Waals surface area contributed by atoms with Crippen LogP contribution in [0.4, 0.5) is 0 Å². The molecule has 7 nitrogen and oxygen atoms in total. The van der Waals surface area contributed by atoms with Gasteiger partial charge in [-0.05, 0) is 24.1 Å². The first-order valence-electron chi connectivity index (χ1n) is 6.14. The van der Waals surface area contributed by atoms with Gasteiger partial charge in [0, 0.05) is 13.6 Å². The van der Waals surface area contributed by atoms with E-state index in [9.17, 15) is 9.59 Å². The molecular weight excluding hydrogens is 260 g/mol. The first-order chi connectivity index (χ1) is 9.60. The van der Waals surface area contributed by atoms with Crippen molar-refractivity contribution in [1.29, 1.82) is 0 Å². The van der Waals surface area contributed by atoms with Gasteiger partial charge in [-0.1, -0.05) is 12.1 Å². The number of aromatic nitrogens is 3. The van der Waals surface area contributed by atoms with E-state index in [1.807, 2.05) is 24.3 Å². The number of hydrogen-bond acceptors (Lipinski definition) is 4. The number of benzene rings is 1. The molecule has 0 bridgehead atoms. The summed E-state index contributed by atoms with van der Waals surface area (Å²) in [5, 5.41) is 6.48. The maximum atomic E-state index is 11.7. The lowest BCUT2D eigenvalue weighted by atomic mass is 10.1. The molecule has 2 N–H and O–H groups in total. The highest BCUT2D eigenvalue weighted by Gasteiger charge is 2.10. The topological polar surface area (TPSA) is 89.0 Å². The Morgan fingerprint density at radius 1 is 1.40 bits per heavy atom. The van der Waals surface area contributed by atoms with Gasteiger partial charge < -0.3 is 10.1 Å². The van der Waals surface area contributed by atoms with Gasteiger partial charge in [0.25, 0.3) is 5.91 Å². The number of carbonyl (C=O) groups is 1. The Morgan fingerprint density at radius 3 is 2.65 bits per heavy atom. The lowest BCUT2D eigenvalue weighted by molar-refractivity contribution is 0.0943. The van der Waals surface area contributed by atoms with Crippen molar-refractivity contribution in [2.24, 2.45) is 7.05 Å². The number of rotatable bonds is 5. The lowest BCUT2D eigenvalue weighted by Gasteiger charge is -2.04. The van der Waals surface area contributed by atoms with Crippen molar-refractivity contribution >= 4 is 5.91 Å². The largest absolute Gasteiger partial charge is 0.497 e. The maximum absolute atomic E-state index is 11.7. The summed E-state index contributed by atoms with van der Waals surface area (Å²) in [4.78, 5) is 25.3. The highest BCUT2D eigenvalue weighted by atomic mass is 16.5. The van der Waals surface area contributed by atoms with Crippen molar-refractivity contribution in [3.8, 4) is 5.75 Å². The van der Waals surface area contributed by atoms with E-state index in [-0.39, 0.29) is 5.82 Å². The van der Waals surface area contributed by atoms with Gasteiger partial charge in [-0.2, -0.15) is 0 Å². The minimum atomic E-state index is -0.412. The zero-order chi connectivity index (χ0) is 14.5. The van der Waals surface area contributed by atoms with Crippen LogP contribution in [-0.2, 0) is 13.5 Å². The van der Waals surface area contributed by atoms with E-state index in [0.717, 1.165) is 16.0 Å². The number of amides is 1. The molecule has 0 aliphatic carbocycles. The first-order valence-corrected chi connectivity index (χ1v) is 6.14. The summed E-state index contributed by atoms with van der Waals surface area (Å²) < 4.78 is 6.15. The third-order valence-electron chi connectivity index (χ3n) is 2.84. The van der Waals surface area contributed by atoms with Crippen LogP contribution >= 0.6 is 0 Å². The number of methoxy groups -OCH3 is 1. The second-order valence-corrected chi connectivity index (χ2v) is 4.26. The van der Waals surface area contributed by atoms with Gasteiger partial charge in [0.2, 0.25) is 5.82 Å². The number of hydrogen-bond donors (Lipinski definition) is 2. The number of carbonyl (C=O) groups excluding carboxylic acids is 1. The van der Waals surface area contributed by atoms with Crippen LogP contribution in [0.2, 0.25) is 0 Å². The Morgan fingerprint density at radius 2 is 2.10 bits per heavy atom. The molecule has 7 heteroatoms. The third kappa shape index (κ3) is 3.25. The molecule has 1 heterocycles. The summed E-state index contributed by atoms with van der Waals surface area (Å²) in [6.45, 7) is 0.462. The normalized spacial score (nSPS) is 10.3. The quantitative estimate of drug-likeness (QED) is 0.810. The molecule has 1 amide bonds. The second kappa shape index (κ2) is 6.05. The van der Waals surface area contributed by atoms with E-state index >= 15 is 0 Å². The predicted octanol–water partition coefficient (Wildman–Crippen LogP) is 0.0895. The molecule has 2 rings (SSSR count). The van der Waals surface area contributed by atoms with Crippen molar-refractivity contribution in [3.63, 3.8) is 0 Å². The fourth-order valence-corrected chi connectivity index (χ4v) is 1.70. The minimum Gasteiger partial charge on any atom is -0.497 e. The van der Waals surface area contributed by atoms with Gasteiger partial charge in [0.05, 0.1) is 7.11 Å². The maximum Gasteiger partial charge on any atom is 0.343 e. The summed E-state index contributed by atoms with van der Waals surface area (Å²) in [7, 11) is 3.09. The number of H-pyrrole nitrogens is 1. The Bertz CT molecular complexity index is 642. The molecule has 0 aliphatic heterocycles. The van der Waals surface area contributed by atoms with Crippen LogP contribution in [0.5, 0.6) is 5.75 Å². The molecule has 0 aliphatic rings. The van der Waals surface area contributed by atoms with Crippen LogP contribution < -0.4 is 15.7 Å². The zero-order valence-electron chi connectivity index (χ0n) is 11.3. The molecule has 106 valence electrons. The standard InChI is InChI=1S/C13H16N4O3/c1-17-13(19)15-11(16-17)12(18)14-8-7-9-3-5-10(20-2)6-4-9/h3-6H,7-8H2,1-2H3,(H,14,18)(H,15,16,19). The van der Waals surface area contributed by atoms with Gasteiger partial charge in [0.15, 0.2) is 0 Å². The SMILES string of the molecule is COc1ccc(CCNC(=O)c2nn(C)c(=O)[nH]2)cc1. The summed E-state index contributed by atoms with van der Waals surface area (Å²) >= 11 is 0. The summed E-state index contributed by atoms with van der Waals surface area (Å²) in [5.41, 5.74) is 0.672. The second-order valence-electron chi connectivity index (χ2n) is 4.26. The fraction of sp³-hybridized carbons (Fsp3) is 0.308. The summed E-state index contributed by atoms with van der Waals surface area (Å²) in [6, 6.07) is 7.61. The van der Waals surface area contributed by atoms with E-state index in [1.165, 1.54) is 7.05 Å². The van der Waals surface area contributed by atoms with E-state index in [2.05, 4.69) is 15.4 Å². The molecule has 1 aromatic heterocycles. The molecule has 1 aromatic carbocycles. The first kappa shape index (κ1) is 13.9. The Balaban J connectivity index is 1.85. The highest BCUT2D eigenvalue weighted by molar-refractivity contribution is 5.90. The molecule has 0 fully saturated rings. The molecule has 0 unspecified atom stereocenters. The Kier molecular flexibility index (Phi) is 4.19. The van der Waals surface area contributed by atoms with E-state index in [1.54, 1.807) is 7.11 Å². The molecule has 0 atom stereocenters. The fourth-order valence-electron chi connectivity index (χ4n) is 1.70. The molecular formula is C13H16N4O3. The summed E-state index contributed by atoms with van der Waals surface area (Å²) in [6.07, 6.45) is 0.687. The van der Waals surface area contributed by atoms with Crippen molar-refractivity contribution in [2.45, 2.75) is 6.42 Å². The molecule has 0 saturated carbocycles. The van der Waals surface area contributed by atoms with Crippen molar-refractivity contribution in [3.05, 3.63) is 46.1 Å². The molecule has 2 aromatic rings. The highest BCUT2D eigenvalue weighted by Crippen LogP contribution is 2.11. The Hall–Kier alpha value is -2.57. The lowest BCUT2D eigenvalue weighted by Crippen LogP contribution is -2.27. The average molecular weight is 276 g/mol. The van der Waals surface area contributed by atoms with Crippen molar-refractivity contribution in [1.82, 2.24) is 20.1 Å². The van der Waals surface area contributed by atoms with Crippen molar-refractivity contribution in [2.75, 3.05) is 13.7 Å². The third-order valence-corrected chi connectivity index (χ3v) is 2.84. The molecule has 20 heavy (non-hydrogen) atoms. The number of nitrogens with one attached hydrogen (secondary N) is 2. The van der Waals surface area contributed by atoms with Gasteiger partial charge in [-0.3, -0.25) is 9.78 Å². The molecule has 0 spiro atoms. The van der Waals surface area contributed by atoms with Crippen LogP contribution in [0.25, 0.3) is 0 Å². The zero-order valence-corrected chi connectivity index (χ0v) is 11.3. The van der Waals surface area contributed by atoms with E-state index < -0.39 is 11.6 Å². The number of aromatic amines is 1. The van der Waals surface area contributed by atoms with Crippen molar-refractivity contribution < 1.29 is 9.53 Å². The number of ether oxygens (including phenoxy) is 1. The van der Waals surface area contributed by atoms with Crippen LogP contribution in [-0.4, -0.2) is 34.3 Å². The smallest absolute Gasteiger partial charge is 0.343 e. The molecule has 0 saturated heterocycles. The monoisotopic (exact) mass is 276 g/mol. The van der Waals surface area contributed by atoms with Gasteiger partial charge in [0.1, 0.15) is 5.75 Å². The van der Waals surface area contributed by atoms with Crippen LogP contribution in [0.1, 0.15) is 16.2 Å². The number of aryl methyl sites for hydroxylation is 1. The van der Waals surface area contributed by atoms with E-state index in [0.29, 0.717) is 13.0 Å². The van der Waals surface area contributed by atoms with Gasteiger partial charge in [-0.25, -0.2) is 9.48 Å². The summed E-state index contributed by atoms with van der Waals surface area (Å²) in [5.74, 6) is 0.423. The van der Waals surface area contributed by atoms with Crippen LogP contribution in [0.15, 0.2) is 29.1 Å². The number of nitrogens with zero attached hydrogens (tertiary/aromatic N) is 2. The molecule has 0 radical (unpaired) electrons. The minimum absolute atomic E-state index is 0.0206. The Labute approximate surface area is 115 Å². The average Bonchev–Trinajstić information content (AvgIpc) is 2.79. The van der Waals surface area contributed by atoms with E-state index in [4.69, 9.17) is 4.74 Å².